The van der Waals surface area contributed by atoms with Crippen molar-refractivity contribution in [2.24, 2.45) is 0 Å². The van der Waals surface area contributed by atoms with Gasteiger partial charge in [-0.15, -0.1) is 24.8 Å². The van der Waals surface area contributed by atoms with Gasteiger partial charge in [0.15, 0.2) is 5.82 Å². The van der Waals surface area contributed by atoms with Gasteiger partial charge in [-0.05, 0) is 13.0 Å². The van der Waals surface area contributed by atoms with E-state index in [1.54, 1.807) is 13.4 Å². The highest BCUT2D eigenvalue weighted by molar-refractivity contribution is 5.85. The summed E-state index contributed by atoms with van der Waals surface area (Å²) in [7, 11) is 1.60. The fourth-order valence-corrected chi connectivity index (χ4v) is 2.49. The number of halogens is 2. The number of anilines is 1. The number of fused-ring (bicyclic) bond motifs is 1. The molecule has 0 radical (unpaired) electrons. The number of methoxy groups -OCH3 is 1. The van der Waals surface area contributed by atoms with Gasteiger partial charge in [-0.1, -0.05) is 5.16 Å². The molecule has 0 unspecified atom stereocenters. The molecule has 0 fully saturated rings. The molecule has 3 rings (SSSR count). The zero-order chi connectivity index (χ0) is 15.2. The van der Waals surface area contributed by atoms with E-state index < -0.39 is 0 Å². The van der Waals surface area contributed by atoms with Gasteiger partial charge in [-0.25, -0.2) is 9.97 Å². The molecule has 0 saturated carbocycles. The monoisotopic (exact) mass is 376 g/mol. The topological polar surface area (TPSA) is 98.0 Å². The summed E-state index contributed by atoms with van der Waals surface area (Å²) in [6.45, 7) is 2.97. The van der Waals surface area contributed by atoms with E-state index in [1.807, 2.05) is 0 Å². The Morgan fingerprint density at radius 1 is 1.25 bits per heavy atom. The number of nitrogens with one attached hydrogen (secondary N) is 2. The van der Waals surface area contributed by atoms with Crippen molar-refractivity contribution >= 4 is 30.6 Å². The van der Waals surface area contributed by atoms with Gasteiger partial charge in [0.25, 0.3) is 0 Å². The van der Waals surface area contributed by atoms with Crippen LogP contribution in [0.1, 0.15) is 23.0 Å². The van der Waals surface area contributed by atoms with E-state index in [2.05, 4.69) is 30.7 Å². The summed E-state index contributed by atoms with van der Waals surface area (Å²) >= 11 is 0. The first-order valence-electron chi connectivity index (χ1n) is 7.44. The number of hydrogen-bond acceptors (Lipinski definition) is 8. The largest absolute Gasteiger partial charge is 0.377 e. The number of aromatic nitrogens is 4. The number of hydrogen-bond donors (Lipinski definition) is 2. The molecule has 0 bridgehead atoms. The smallest absolute Gasteiger partial charge is 0.228 e. The van der Waals surface area contributed by atoms with Crippen LogP contribution in [0, 0.1) is 0 Å². The molecule has 1 aliphatic rings. The number of ether oxygens (including phenoxy) is 1. The second-order valence-electron chi connectivity index (χ2n) is 5.11. The van der Waals surface area contributed by atoms with Crippen LogP contribution in [-0.4, -0.2) is 46.9 Å². The predicted molar refractivity (Wildman–Crippen MR) is 94.0 cm³/mol. The minimum atomic E-state index is 0. The SMILES string of the molecule is COCc1noc(CCNc2ncnc3c2CCNCC3)n1.Cl.Cl. The first-order valence-corrected chi connectivity index (χ1v) is 7.44. The molecule has 3 heterocycles. The standard InChI is InChI=1S/C14H20N6O2.2ClH/c1-21-8-12-19-13(22-20-12)4-7-16-14-10-2-5-15-6-3-11(10)17-9-18-14;;/h9,15H,2-8H2,1H3,(H,16,17,18);2*1H. The van der Waals surface area contributed by atoms with E-state index in [0.29, 0.717) is 31.3 Å². The quantitative estimate of drug-likeness (QED) is 0.775. The van der Waals surface area contributed by atoms with Gasteiger partial charge >= 0.3 is 0 Å². The molecule has 2 aromatic rings. The lowest BCUT2D eigenvalue weighted by Crippen LogP contribution is -2.16. The number of rotatable bonds is 6. The Kier molecular flexibility index (Phi) is 8.91. The molecule has 2 aromatic heterocycles. The fourth-order valence-electron chi connectivity index (χ4n) is 2.49. The average molecular weight is 377 g/mol. The third kappa shape index (κ3) is 5.27. The van der Waals surface area contributed by atoms with Crippen LogP contribution in [0.15, 0.2) is 10.9 Å². The van der Waals surface area contributed by atoms with Crippen molar-refractivity contribution in [2.75, 3.05) is 32.1 Å². The maximum atomic E-state index is 5.16. The van der Waals surface area contributed by atoms with Crippen LogP contribution >= 0.6 is 24.8 Å². The second kappa shape index (κ2) is 10.4. The van der Waals surface area contributed by atoms with E-state index in [4.69, 9.17) is 9.26 Å². The van der Waals surface area contributed by atoms with Gasteiger partial charge in [-0.3, -0.25) is 0 Å². The Labute approximate surface area is 153 Å². The lowest BCUT2D eigenvalue weighted by Gasteiger charge is -2.11. The van der Waals surface area contributed by atoms with Gasteiger partial charge in [0, 0.05) is 38.6 Å². The minimum absolute atomic E-state index is 0. The van der Waals surface area contributed by atoms with Crippen LogP contribution in [-0.2, 0) is 30.6 Å². The summed E-state index contributed by atoms with van der Waals surface area (Å²) in [5, 5.41) is 10.6. The van der Waals surface area contributed by atoms with Crippen LogP contribution in [0.2, 0.25) is 0 Å². The van der Waals surface area contributed by atoms with Crippen LogP contribution < -0.4 is 10.6 Å². The second-order valence-corrected chi connectivity index (χ2v) is 5.11. The first kappa shape index (κ1) is 20.6. The molecular formula is C14H22Cl2N6O2. The molecule has 24 heavy (non-hydrogen) atoms. The highest BCUT2D eigenvalue weighted by Gasteiger charge is 2.14. The van der Waals surface area contributed by atoms with Gasteiger partial charge in [0.05, 0.1) is 5.69 Å². The minimum Gasteiger partial charge on any atom is -0.377 e. The molecule has 2 N–H and O–H groups in total. The molecule has 0 aliphatic carbocycles. The van der Waals surface area contributed by atoms with Crippen molar-refractivity contribution < 1.29 is 9.26 Å². The van der Waals surface area contributed by atoms with Crippen molar-refractivity contribution in [3.05, 3.63) is 29.3 Å². The molecule has 10 heteroatoms. The van der Waals surface area contributed by atoms with Gasteiger partial charge in [0.2, 0.25) is 5.89 Å². The van der Waals surface area contributed by atoms with E-state index in [1.165, 1.54) is 5.56 Å². The van der Waals surface area contributed by atoms with Crippen LogP contribution in [0.3, 0.4) is 0 Å². The highest BCUT2D eigenvalue weighted by atomic mass is 35.5. The van der Waals surface area contributed by atoms with Crippen molar-refractivity contribution in [1.29, 1.82) is 0 Å². The van der Waals surface area contributed by atoms with Gasteiger partial charge in [0.1, 0.15) is 18.8 Å². The Bertz CT molecular complexity index is 625. The summed E-state index contributed by atoms with van der Waals surface area (Å²) in [4.78, 5) is 13.0. The molecule has 134 valence electrons. The highest BCUT2D eigenvalue weighted by Crippen LogP contribution is 2.18. The van der Waals surface area contributed by atoms with Crippen molar-refractivity contribution in [3.8, 4) is 0 Å². The molecule has 0 saturated heterocycles. The molecule has 0 aromatic carbocycles. The maximum absolute atomic E-state index is 5.16. The Balaban J connectivity index is 0.00000144. The molecule has 0 amide bonds. The van der Waals surface area contributed by atoms with Crippen molar-refractivity contribution in [2.45, 2.75) is 25.9 Å². The summed E-state index contributed by atoms with van der Waals surface area (Å²) in [5.74, 6) is 2.08. The Morgan fingerprint density at radius 3 is 2.92 bits per heavy atom. The van der Waals surface area contributed by atoms with Crippen LogP contribution in [0.5, 0.6) is 0 Å². The molecule has 1 aliphatic heterocycles. The molecule has 0 atom stereocenters. The van der Waals surface area contributed by atoms with E-state index in [0.717, 1.165) is 37.4 Å². The average Bonchev–Trinajstić information content (AvgIpc) is 2.82. The van der Waals surface area contributed by atoms with E-state index >= 15 is 0 Å². The lowest BCUT2D eigenvalue weighted by molar-refractivity contribution is 0.174. The Hall–Kier alpha value is -1.48. The third-order valence-electron chi connectivity index (χ3n) is 3.54. The molecule has 8 nitrogen and oxygen atoms in total. The summed E-state index contributed by atoms with van der Waals surface area (Å²) < 4.78 is 10.1. The fraction of sp³-hybridized carbons (Fsp3) is 0.571. The third-order valence-corrected chi connectivity index (χ3v) is 3.54. The molecular weight excluding hydrogens is 355 g/mol. The first-order chi connectivity index (χ1) is 10.9. The maximum Gasteiger partial charge on any atom is 0.228 e. The van der Waals surface area contributed by atoms with Gasteiger partial charge < -0.3 is 19.9 Å². The number of nitrogens with zero attached hydrogens (tertiary/aromatic N) is 4. The molecule has 0 spiro atoms. The Morgan fingerprint density at radius 2 is 2.08 bits per heavy atom. The zero-order valence-electron chi connectivity index (χ0n) is 13.4. The summed E-state index contributed by atoms with van der Waals surface area (Å²) in [6.07, 6.45) is 4.15. The van der Waals surface area contributed by atoms with Crippen LogP contribution in [0.25, 0.3) is 0 Å². The van der Waals surface area contributed by atoms with Gasteiger partial charge in [-0.2, -0.15) is 4.98 Å². The summed E-state index contributed by atoms with van der Waals surface area (Å²) in [6, 6.07) is 0. The summed E-state index contributed by atoms with van der Waals surface area (Å²) in [5.41, 5.74) is 2.33. The lowest BCUT2D eigenvalue weighted by atomic mass is 10.1. The van der Waals surface area contributed by atoms with Crippen molar-refractivity contribution in [3.63, 3.8) is 0 Å². The zero-order valence-corrected chi connectivity index (χ0v) is 15.1. The van der Waals surface area contributed by atoms with Crippen LogP contribution in [0.4, 0.5) is 5.82 Å². The van der Waals surface area contributed by atoms with E-state index in [-0.39, 0.29) is 24.8 Å². The van der Waals surface area contributed by atoms with E-state index in [9.17, 15) is 0 Å². The predicted octanol–water partition coefficient (Wildman–Crippen LogP) is 1.19. The van der Waals surface area contributed by atoms with Crippen molar-refractivity contribution in [1.82, 2.24) is 25.4 Å². The normalized spacial score (nSPS) is 13.2.